The van der Waals surface area contributed by atoms with E-state index in [-0.39, 0.29) is 24.9 Å². The molecule has 1 aliphatic rings. The Kier molecular flexibility index (Phi) is 13.8. The summed E-state index contributed by atoms with van der Waals surface area (Å²) in [7, 11) is 1.64. The molecular formula is C20H40O4. The molecule has 3 atom stereocenters. The van der Waals surface area contributed by atoms with Crippen molar-refractivity contribution in [1.82, 2.24) is 0 Å². The maximum absolute atomic E-state index is 9.11. The van der Waals surface area contributed by atoms with Crippen LogP contribution in [-0.2, 0) is 14.2 Å². The van der Waals surface area contributed by atoms with E-state index in [0.717, 1.165) is 6.42 Å². The van der Waals surface area contributed by atoms with Crippen LogP contribution in [-0.4, -0.2) is 43.9 Å². The third-order valence-corrected chi connectivity index (χ3v) is 4.91. The summed E-state index contributed by atoms with van der Waals surface area (Å²) in [4.78, 5) is 0. The molecule has 1 fully saturated rings. The van der Waals surface area contributed by atoms with Crippen molar-refractivity contribution in [3.63, 3.8) is 0 Å². The largest absolute Gasteiger partial charge is 0.394 e. The summed E-state index contributed by atoms with van der Waals surface area (Å²) < 4.78 is 16.1. The van der Waals surface area contributed by atoms with Gasteiger partial charge in [0.25, 0.3) is 0 Å². The van der Waals surface area contributed by atoms with Crippen molar-refractivity contribution in [3.05, 3.63) is 0 Å². The molecule has 0 amide bonds. The fourth-order valence-corrected chi connectivity index (χ4v) is 3.31. The van der Waals surface area contributed by atoms with E-state index >= 15 is 0 Å². The van der Waals surface area contributed by atoms with Gasteiger partial charge in [0.15, 0.2) is 0 Å². The molecule has 1 saturated heterocycles. The molecule has 0 unspecified atom stereocenters. The molecule has 1 heterocycles. The lowest BCUT2D eigenvalue weighted by atomic mass is 10.0. The maximum Gasteiger partial charge on any atom is 0.146 e. The van der Waals surface area contributed by atoms with Crippen LogP contribution in [0.4, 0.5) is 0 Å². The van der Waals surface area contributed by atoms with Gasteiger partial charge in [0, 0.05) is 7.11 Å². The molecular weight excluding hydrogens is 304 g/mol. The van der Waals surface area contributed by atoms with Crippen LogP contribution in [0.5, 0.6) is 0 Å². The van der Waals surface area contributed by atoms with E-state index < -0.39 is 0 Å². The molecule has 0 aromatic heterocycles. The Balaban J connectivity index is 1.89. The zero-order valence-electron chi connectivity index (χ0n) is 16.0. The van der Waals surface area contributed by atoms with Gasteiger partial charge in [0.05, 0.1) is 12.7 Å². The average Bonchev–Trinajstić information content (AvgIpc) is 3.38. The Hall–Kier alpha value is -0.160. The van der Waals surface area contributed by atoms with Crippen molar-refractivity contribution in [2.45, 2.75) is 109 Å². The highest BCUT2D eigenvalue weighted by atomic mass is 16.7. The van der Waals surface area contributed by atoms with Gasteiger partial charge in [-0.15, -0.1) is 0 Å². The monoisotopic (exact) mass is 344 g/mol. The summed E-state index contributed by atoms with van der Waals surface area (Å²) in [5, 5.41) is 9.11. The highest BCUT2D eigenvalue weighted by molar-refractivity contribution is 4.91. The minimum absolute atomic E-state index is 0.0239. The van der Waals surface area contributed by atoms with Crippen LogP contribution < -0.4 is 0 Å². The van der Waals surface area contributed by atoms with Gasteiger partial charge >= 0.3 is 0 Å². The lowest BCUT2D eigenvalue weighted by Gasteiger charge is -2.15. The van der Waals surface area contributed by atoms with Crippen LogP contribution in [0.2, 0.25) is 0 Å². The Labute approximate surface area is 149 Å². The molecule has 1 N–H and O–H groups in total. The molecule has 1 aliphatic heterocycles. The van der Waals surface area contributed by atoms with Crippen LogP contribution in [0, 0.1) is 0 Å². The summed E-state index contributed by atoms with van der Waals surface area (Å²) in [6.07, 6.45) is 17.4. The molecule has 0 bridgehead atoms. The SMILES string of the molecule is CCCCCCCCCCCCCC[C@H](OCOC)[C@H]1O[C@@H]1CO. The van der Waals surface area contributed by atoms with Crippen molar-refractivity contribution in [1.29, 1.82) is 0 Å². The van der Waals surface area contributed by atoms with E-state index in [1.165, 1.54) is 77.0 Å². The van der Waals surface area contributed by atoms with E-state index in [1.807, 2.05) is 0 Å². The fourth-order valence-electron chi connectivity index (χ4n) is 3.31. The highest BCUT2D eigenvalue weighted by Gasteiger charge is 2.44. The first-order valence-electron chi connectivity index (χ1n) is 10.2. The predicted octanol–water partition coefficient (Wildman–Crippen LogP) is 4.83. The smallest absolute Gasteiger partial charge is 0.146 e. The number of aliphatic hydroxyl groups excluding tert-OH is 1. The molecule has 0 radical (unpaired) electrons. The van der Waals surface area contributed by atoms with Gasteiger partial charge in [0.1, 0.15) is 19.0 Å². The van der Waals surface area contributed by atoms with Crippen LogP contribution >= 0.6 is 0 Å². The van der Waals surface area contributed by atoms with E-state index in [0.29, 0.717) is 6.79 Å². The van der Waals surface area contributed by atoms with Gasteiger partial charge in [-0.1, -0.05) is 84.0 Å². The second-order valence-electron chi connectivity index (χ2n) is 7.11. The van der Waals surface area contributed by atoms with Crippen LogP contribution in [0.3, 0.4) is 0 Å². The first kappa shape index (κ1) is 21.9. The molecule has 0 aliphatic carbocycles. The standard InChI is InChI=1S/C20H40O4/c1-3-4-5-6-7-8-9-10-11-12-13-14-15-18(23-17-22-2)20-19(16-21)24-20/h18-21H,3-17H2,1-2H3/t18-,19+,20+/m0/s1. The zero-order chi connectivity index (χ0) is 17.5. The number of methoxy groups -OCH3 is 1. The van der Waals surface area contributed by atoms with Crippen molar-refractivity contribution in [3.8, 4) is 0 Å². The minimum Gasteiger partial charge on any atom is -0.394 e. The molecule has 1 rings (SSSR count). The molecule has 0 aromatic rings. The molecule has 144 valence electrons. The Morgan fingerprint density at radius 3 is 1.88 bits per heavy atom. The number of hydrogen-bond donors (Lipinski definition) is 1. The van der Waals surface area contributed by atoms with E-state index in [4.69, 9.17) is 19.3 Å². The zero-order valence-corrected chi connectivity index (χ0v) is 16.0. The van der Waals surface area contributed by atoms with Gasteiger partial charge in [-0.2, -0.15) is 0 Å². The Morgan fingerprint density at radius 1 is 0.875 bits per heavy atom. The molecule has 4 heteroatoms. The van der Waals surface area contributed by atoms with Crippen molar-refractivity contribution >= 4 is 0 Å². The van der Waals surface area contributed by atoms with E-state index in [2.05, 4.69) is 6.92 Å². The Bertz CT molecular complexity index is 272. The maximum atomic E-state index is 9.11. The third-order valence-electron chi connectivity index (χ3n) is 4.91. The molecule has 0 spiro atoms. The summed E-state index contributed by atoms with van der Waals surface area (Å²) >= 11 is 0. The predicted molar refractivity (Wildman–Crippen MR) is 98.2 cm³/mol. The Morgan fingerprint density at radius 2 is 1.42 bits per heavy atom. The van der Waals surface area contributed by atoms with Gasteiger partial charge in [-0.3, -0.25) is 0 Å². The van der Waals surface area contributed by atoms with Gasteiger partial charge in [-0.25, -0.2) is 0 Å². The van der Waals surface area contributed by atoms with Crippen molar-refractivity contribution in [2.75, 3.05) is 20.5 Å². The van der Waals surface area contributed by atoms with Crippen LogP contribution in [0.25, 0.3) is 0 Å². The minimum atomic E-state index is -0.0239. The van der Waals surface area contributed by atoms with Crippen LogP contribution in [0.15, 0.2) is 0 Å². The summed E-state index contributed by atoms with van der Waals surface area (Å²) in [6.45, 7) is 2.67. The number of hydrogen-bond acceptors (Lipinski definition) is 4. The first-order valence-corrected chi connectivity index (χ1v) is 10.2. The fraction of sp³-hybridized carbons (Fsp3) is 1.00. The average molecular weight is 345 g/mol. The number of rotatable bonds is 18. The van der Waals surface area contributed by atoms with Gasteiger partial charge in [-0.05, 0) is 6.42 Å². The first-order chi connectivity index (χ1) is 11.8. The quantitative estimate of drug-likeness (QED) is 0.220. The normalized spacial score (nSPS) is 21.1. The van der Waals surface area contributed by atoms with Crippen molar-refractivity contribution < 1.29 is 19.3 Å². The molecule has 24 heavy (non-hydrogen) atoms. The van der Waals surface area contributed by atoms with Gasteiger partial charge < -0.3 is 19.3 Å². The van der Waals surface area contributed by atoms with Crippen molar-refractivity contribution in [2.24, 2.45) is 0 Å². The molecule has 0 saturated carbocycles. The summed E-state index contributed by atoms with van der Waals surface area (Å²) in [5.41, 5.74) is 0. The van der Waals surface area contributed by atoms with Crippen LogP contribution in [0.1, 0.15) is 90.4 Å². The second-order valence-corrected chi connectivity index (χ2v) is 7.11. The third kappa shape index (κ3) is 10.7. The van der Waals surface area contributed by atoms with E-state index in [1.54, 1.807) is 7.11 Å². The number of aliphatic hydroxyl groups is 1. The summed E-state index contributed by atoms with van der Waals surface area (Å²) in [5.74, 6) is 0. The second kappa shape index (κ2) is 15.1. The topological polar surface area (TPSA) is 51.2 Å². The number of unbranched alkanes of at least 4 members (excludes halogenated alkanes) is 11. The number of epoxide rings is 1. The highest BCUT2D eigenvalue weighted by Crippen LogP contribution is 2.29. The van der Waals surface area contributed by atoms with Gasteiger partial charge in [0.2, 0.25) is 0 Å². The lowest BCUT2D eigenvalue weighted by Crippen LogP contribution is -2.23. The molecule has 0 aromatic carbocycles. The molecule has 4 nitrogen and oxygen atoms in total. The summed E-state index contributed by atoms with van der Waals surface area (Å²) in [6, 6.07) is 0. The lowest BCUT2D eigenvalue weighted by molar-refractivity contribution is -0.0825. The number of ether oxygens (including phenoxy) is 3. The van der Waals surface area contributed by atoms with E-state index in [9.17, 15) is 0 Å².